The fourth-order valence-corrected chi connectivity index (χ4v) is 1.74. The fraction of sp³-hybridized carbons (Fsp3) is 0.357. The van der Waals surface area contributed by atoms with E-state index in [4.69, 9.17) is 4.42 Å². The number of oxazole rings is 1. The van der Waals surface area contributed by atoms with Crippen molar-refractivity contribution in [1.29, 1.82) is 0 Å². The number of nitrogens with zero attached hydrogens (tertiary/aromatic N) is 1. The minimum Gasteiger partial charge on any atom is -0.443 e. The summed E-state index contributed by atoms with van der Waals surface area (Å²) in [6.45, 7) is 6.40. The highest BCUT2D eigenvalue weighted by atomic mass is 19.1. The van der Waals surface area contributed by atoms with Gasteiger partial charge >= 0.3 is 0 Å². The number of halogens is 1. The van der Waals surface area contributed by atoms with Crippen LogP contribution in [0.25, 0.3) is 11.3 Å². The molecule has 0 radical (unpaired) electrons. The Hall–Kier alpha value is -1.68. The zero-order chi connectivity index (χ0) is 13.1. The van der Waals surface area contributed by atoms with Crippen LogP contribution in [0.15, 0.2) is 29.0 Å². The Morgan fingerprint density at radius 2 is 2.17 bits per heavy atom. The molecule has 0 spiro atoms. The minimum atomic E-state index is -0.250. The Balaban J connectivity index is 2.33. The predicted molar refractivity (Wildman–Crippen MR) is 68.6 cm³/mol. The van der Waals surface area contributed by atoms with Crippen LogP contribution in [0.3, 0.4) is 0 Å². The molecule has 0 saturated carbocycles. The molecule has 0 saturated heterocycles. The fourth-order valence-electron chi connectivity index (χ4n) is 1.74. The van der Waals surface area contributed by atoms with E-state index < -0.39 is 0 Å². The third-order valence-corrected chi connectivity index (χ3v) is 2.76. The summed E-state index contributed by atoms with van der Waals surface area (Å²) >= 11 is 0. The van der Waals surface area contributed by atoms with Gasteiger partial charge in [0, 0.05) is 12.6 Å². The van der Waals surface area contributed by atoms with Crippen molar-refractivity contribution in [2.24, 2.45) is 0 Å². The molecule has 0 bridgehead atoms. The lowest BCUT2D eigenvalue weighted by Crippen LogP contribution is -2.22. The first-order valence-electron chi connectivity index (χ1n) is 6.01. The Labute approximate surface area is 106 Å². The van der Waals surface area contributed by atoms with Crippen molar-refractivity contribution in [3.8, 4) is 11.3 Å². The normalized spacial score (nSPS) is 11.2. The van der Waals surface area contributed by atoms with Gasteiger partial charge in [-0.15, -0.1) is 0 Å². The maximum absolute atomic E-state index is 14.0. The highest BCUT2D eigenvalue weighted by molar-refractivity contribution is 5.61. The lowest BCUT2D eigenvalue weighted by atomic mass is 10.1. The first-order valence-corrected chi connectivity index (χ1v) is 6.01. The van der Waals surface area contributed by atoms with Crippen molar-refractivity contribution < 1.29 is 8.81 Å². The second-order valence-electron chi connectivity index (χ2n) is 4.60. The smallest absolute Gasteiger partial charge is 0.181 e. The minimum absolute atomic E-state index is 0.250. The standard InChI is InChI=1S/C14H17FN2O/c1-9(2)16-7-12-14(18-8-17-12)11-6-4-5-10(3)13(11)15/h4-6,8-9,16H,7H2,1-3H3. The molecule has 3 nitrogen and oxygen atoms in total. The summed E-state index contributed by atoms with van der Waals surface area (Å²) in [4.78, 5) is 4.14. The highest BCUT2D eigenvalue weighted by Crippen LogP contribution is 2.27. The van der Waals surface area contributed by atoms with Crippen molar-refractivity contribution in [3.05, 3.63) is 41.7 Å². The molecule has 0 aliphatic rings. The second kappa shape index (κ2) is 5.31. The van der Waals surface area contributed by atoms with Gasteiger partial charge in [-0.05, 0) is 18.6 Å². The third-order valence-electron chi connectivity index (χ3n) is 2.76. The van der Waals surface area contributed by atoms with E-state index in [2.05, 4.69) is 10.3 Å². The molecule has 2 aromatic rings. The second-order valence-corrected chi connectivity index (χ2v) is 4.60. The van der Waals surface area contributed by atoms with Gasteiger partial charge in [-0.1, -0.05) is 26.0 Å². The van der Waals surface area contributed by atoms with E-state index in [-0.39, 0.29) is 5.82 Å². The number of benzene rings is 1. The van der Waals surface area contributed by atoms with E-state index in [0.29, 0.717) is 29.5 Å². The SMILES string of the molecule is Cc1cccc(-c2ocnc2CNC(C)C)c1F. The molecular formula is C14H17FN2O. The molecule has 0 unspecified atom stereocenters. The van der Waals surface area contributed by atoms with Crippen LogP contribution in [0, 0.1) is 12.7 Å². The van der Waals surface area contributed by atoms with Gasteiger partial charge in [0.1, 0.15) is 11.5 Å². The van der Waals surface area contributed by atoms with Crippen LogP contribution in [-0.4, -0.2) is 11.0 Å². The number of rotatable bonds is 4. The molecule has 0 amide bonds. The topological polar surface area (TPSA) is 38.1 Å². The summed E-state index contributed by atoms with van der Waals surface area (Å²) in [6.07, 6.45) is 1.36. The monoisotopic (exact) mass is 248 g/mol. The van der Waals surface area contributed by atoms with Gasteiger partial charge in [-0.2, -0.15) is 0 Å². The van der Waals surface area contributed by atoms with Crippen molar-refractivity contribution in [2.75, 3.05) is 0 Å². The van der Waals surface area contributed by atoms with E-state index in [1.54, 1.807) is 19.1 Å². The Morgan fingerprint density at radius 1 is 1.39 bits per heavy atom. The quantitative estimate of drug-likeness (QED) is 0.902. The van der Waals surface area contributed by atoms with Crippen molar-refractivity contribution in [1.82, 2.24) is 10.3 Å². The van der Waals surface area contributed by atoms with Crippen molar-refractivity contribution >= 4 is 0 Å². The largest absolute Gasteiger partial charge is 0.443 e. The summed E-state index contributed by atoms with van der Waals surface area (Å²) in [5.41, 5.74) is 1.80. The van der Waals surface area contributed by atoms with Crippen LogP contribution < -0.4 is 5.32 Å². The molecule has 2 rings (SSSR count). The number of hydrogen-bond donors (Lipinski definition) is 1. The number of aryl methyl sites for hydroxylation is 1. The molecule has 4 heteroatoms. The molecule has 0 fully saturated rings. The average molecular weight is 248 g/mol. The lowest BCUT2D eigenvalue weighted by Gasteiger charge is -2.08. The zero-order valence-electron chi connectivity index (χ0n) is 10.8. The van der Waals surface area contributed by atoms with Crippen LogP contribution in [-0.2, 0) is 6.54 Å². The third kappa shape index (κ3) is 2.59. The molecule has 1 aromatic carbocycles. The lowest BCUT2D eigenvalue weighted by molar-refractivity contribution is 0.553. The van der Waals surface area contributed by atoms with E-state index in [0.717, 1.165) is 5.69 Å². The molecule has 0 aliphatic heterocycles. The molecular weight excluding hydrogens is 231 g/mol. The summed E-state index contributed by atoms with van der Waals surface area (Å²) < 4.78 is 19.4. The highest BCUT2D eigenvalue weighted by Gasteiger charge is 2.15. The van der Waals surface area contributed by atoms with Gasteiger partial charge in [0.25, 0.3) is 0 Å². The van der Waals surface area contributed by atoms with Gasteiger partial charge < -0.3 is 9.73 Å². The molecule has 0 aliphatic carbocycles. The van der Waals surface area contributed by atoms with Crippen LogP contribution in [0.5, 0.6) is 0 Å². The van der Waals surface area contributed by atoms with Crippen molar-refractivity contribution in [3.63, 3.8) is 0 Å². The van der Waals surface area contributed by atoms with Gasteiger partial charge in [0.05, 0.1) is 5.56 Å². The molecule has 0 atom stereocenters. The summed E-state index contributed by atoms with van der Waals surface area (Å²) in [5, 5.41) is 3.25. The van der Waals surface area contributed by atoms with E-state index >= 15 is 0 Å². The van der Waals surface area contributed by atoms with E-state index in [1.165, 1.54) is 6.39 Å². The van der Waals surface area contributed by atoms with Gasteiger partial charge in [0.2, 0.25) is 0 Å². The van der Waals surface area contributed by atoms with Crippen LogP contribution in [0.4, 0.5) is 4.39 Å². The van der Waals surface area contributed by atoms with Gasteiger partial charge in [-0.3, -0.25) is 0 Å². The predicted octanol–water partition coefficient (Wildman–Crippen LogP) is 3.29. The molecule has 96 valence electrons. The van der Waals surface area contributed by atoms with E-state index in [1.807, 2.05) is 19.9 Å². The number of nitrogens with one attached hydrogen (secondary N) is 1. The maximum atomic E-state index is 14.0. The van der Waals surface area contributed by atoms with E-state index in [9.17, 15) is 4.39 Å². The average Bonchev–Trinajstić information content (AvgIpc) is 2.78. The molecule has 1 N–H and O–H groups in total. The molecule has 1 heterocycles. The Kier molecular flexibility index (Phi) is 3.77. The summed E-state index contributed by atoms with van der Waals surface area (Å²) in [6, 6.07) is 5.61. The molecule has 18 heavy (non-hydrogen) atoms. The number of hydrogen-bond acceptors (Lipinski definition) is 3. The zero-order valence-corrected chi connectivity index (χ0v) is 10.8. The van der Waals surface area contributed by atoms with Gasteiger partial charge in [0.15, 0.2) is 12.2 Å². The first kappa shape index (κ1) is 12.8. The van der Waals surface area contributed by atoms with Crippen LogP contribution in [0.2, 0.25) is 0 Å². The van der Waals surface area contributed by atoms with Crippen LogP contribution in [0.1, 0.15) is 25.1 Å². The summed E-state index contributed by atoms with van der Waals surface area (Å²) in [7, 11) is 0. The Morgan fingerprint density at radius 3 is 2.89 bits per heavy atom. The number of aromatic nitrogens is 1. The van der Waals surface area contributed by atoms with Crippen LogP contribution >= 0.6 is 0 Å². The van der Waals surface area contributed by atoms with Crippen molar-refractivity contribution in [2.45, 2.75) is 33.4 Å². The summed E-state index contributed by atoms with van der Waals surface area (Å²) in [5.74, 6) is 0.254. The first-order chi connectivity index (χ1) is 8.59. The maximum Gasteiger partial charge on any atom is 0.181 e. The molecule has 1 aromatic heterocycles. The Bertz CT molecular complexity index is 534. The van der Waals surface area contributed by atoms with Gasteiger partial charge in [-0.25, -0.2) is 9.37 Å².